The zero-order chi connectivity index (χ0) is 15.2. The monoisotopic (exact) mass is 348 g/mol. The van der Waals surface area contributed by atoms with Crippen LogP contribution in [0.3, 0.4) is 0 Å². The Bertz CT molecular complexity index is 713. The molecule has 0 unspecified atom stereocenters. The minimum Gasteiger partial charge on any atom is -0.479 e. The average Bonchev–Trinajstić information content (AvgIpc) is 2.48. The Morgan fingerprint density at radius 2 is 2.14 bits per heavy atom. The van der Waals surface area contributed by atoms with E-state index < -0.39 is 11.7 Å². The van der Waals surface area contributed by atoms with E-state index in [1.54, 1.807) is 24.3 Å². The third-order valence-corrected chi connectivity index (χ3v) is 3.22. The first-order valence-corrected chi connectivity index (χ1v) is 6.75. The lowest BCUT2D eigenvalue weighted by molar-refractivity contribution is 0.102. The van der Waals surface area contributed by atoms with Gasteiger partial charge in [-0.15, -0.1) is 0 Å². The molecule has 4 nitrogen and oxygen atoms in total. The molecule has 0 aliphatic carbocycles. The molecule has 0 aliphatic heterocycles. The van der Waals surface area contributed by atoms with Crippen LogP contribution in [0.15, 0.2) is 46.9 Å². The second-order valence-electron chi connectivity index (χ2n) is 4.06. The molecule has 1 N–H and O–H groups in total. The van der Waals surface area contributed by atoms with Crippen LogP contribution in [-0.4, -0.2) is 12.5 Å². The molecular formula is C15H10BrFN2O2. The highest BCUT2D eigenvalue weighted by atomic mass is 79.9. The number of hydrogen-bond donors (Lipinski definition) is 1. The standard InChI is InChI=1S/C15H10BrFN2O2/c16-13-5-4-10(8-14(13)17)15(20)19-11-2-1-3-12(9-11)21-7-6-18/h1-5,8-9H,7H2,(H,19,20). The highest BCUT2D eigenvalue weighted by Gasteiger charge is 2.09. The first kappa shape index (κ1) is 15.0. The number of hydrogen-bond acceptors (Lipinski definition) is 3. The van der Waals surface area contributed by atoms with Gasteiger partial charge in [-0.25, -0.2) is 4.39 Å². The third-order valence-electron chi connectivity index (χ3n) is 2.58. The van der Waals surface area contributed by atoms with E-state index in [1.807, 2.05) is 6.07 Å². The molecule has 0 saturated heterocycles. The first-order chi connectivity index (χ1) is 10.1. The first-order valence-electron chi connectivity index (χ1n) is 5.96. The van der Waals surface area contributed by atoms with Crippen LogP contribution in [-0.2, 0) is 0 Å². The Morgan fingerprint density at radius 1 is 1.33 bits per heavy atom. The molecule has 0 spiro atoms. The second kappa shape index (κ2) is 6.86. The minimum atomic E-state index is -0.506. The van der Waals surface area contributed by atoms with Crippen molar-refractivity contribution in [3.05, 3.63) is 58.3 Å². The van der Waals surface area contributed by atoms with Gasteiger partial charge in [-0.1, -0.05) is 6.07 Å². The lowest BCUT2D eigenvalue weighted by atomic mass is 10.2. The fourth-order valence-electron chi connectivity index (χ4n) is 1.62. The molecule has 0 atom stereocenters. The molecule has 0 bridgehead atoms. The van der Waals surface area contributed by atoms with Crippen molar-refractivity contribution in [2.24, 2.45) is 0 Å². The Kier molecular flexibility index (Phi) is 4.90. The summed E-state index contributed by atoms with van der Waals surface area (Å²) in [6.45, 7) is -0.0741. The van der Waals surface area contributed by atoms with E-state index >= 15 is 0 Å². The molecule has 106 valence electrons. The molecule has 0 radical (unpaired) electrons. The van der Waals surface area contributed by atoms with E-state index in [4.69, 9.17) is 10.00 Å². The molecule has 2 aromatic rings. The molecule has 0 saturated carbocycles. The van der Waals surface area contributed by atoms with Gasteiger partial charge in [0, 0.05) is 17.3 Å². The summed E-state index contributed by atoms with van der Waals surface area (Å²) in [5, 5.41) is 11.1. The van der Waals surface area contributed by atoms with Gasteiger partial charge < -0.3 is 10.1 Å². The van der Waals surface area contributed by atoms with Crippen molar-refractivity contribution in [1.82, 2.24) is 0 Å². The number of benzene rings is 2. The maximum absolute atomic E-state index is 13.4. The Balaban J connectivity index is 2.12. The van der Waals surface area contributed by atoms with E-state index in [-0.39, 0.29) is 12.2 Å². The molecule has 21 heavy (non-hydrogen) atoms. The third kappa shape index (κ3) is 4.04. The van der Waals surface area contributed by atoms with Crippen LogP contribution in [0.1, 0.15) is 10.4 Å². The van der Waals surface area contributed by atoms with Crippen LogP contribution in [0.5, 0.6) is 5.75 Å². The lowest BCUT2D eigenvalue weighted by Gasteiger charge is -2.08. The van der Waals surface area contributed by atoms with E-state index in [0.717, 1.165) is 6.07 Å². The van der Waals surface area contributed by atoms with Crippen molar-refractivity contribution in [3.8, 4) is 11.8 Å². The molecular weight excluding hydrogens is 339 g/mol. The largest absolute Gasteiger partial charge is 0.479 e. The molecule has 1 amide bonds. The number of ether oxygens (including phenoxy) is 1. The topological polar surface area (TPSA) is 62.1 Å². The Hall–Kier alpha value is -2.39. The zero-order valence-corrected chi connectivity index (χ0v) is 12.4. The maximum Gasteiger partial charge on any atom is 0.255 e. The van der Waals surface area contributed by atoms with E-state index in [1.165, 1.54) is 12.1 Å². The summed E-state index contributed by atoms with van der Waals surface area (Å²) in [5.41, 5.74) is 0.706. The SMILES string of the molecule is N#CCOc1cccc(NC(=O)c2ccc(Br)c(F)c2)c1. The van der Waals surface area contributed by atoms with Crippen LogP contribution >= 0.6 is 15.9 Å². The highest BCUT2D eigenvalue weighted by Crippen LogP contribution is 2.20. The smallest absolute Gasteiger partial charge is 0.255 e. The molecule has 0 aliphatic rings. The normalized spacial score (nSPS) is 9.76. The summed E-state index contributed by atoms with van der Waals surface area (Å²) in [5.74, 6) is -0.469. The number of carbonyl (C=O) groups is 1. The number of nitriles is 1. The minimum absolute atomic E-state index is 0.0741. The molecule has 0 fully saturated rings. The number of anilines is 1. The molecule has 2 aromatic carbocycles. The van der Waals surface area contributed by atoms with E-state index in [0.29, 0.717) is 15.9 Å². The molecule has 2 rings (SSSR count). The molecule has 0 aromatic heterocycles. The summed E-state index contributed by atoms with van der Waals surface area (Å²) in [7, 11) is 0. The maximum atomic E-state index is 13.4. The van der Waals surface area contributed by atoms with E-state index in [9.17, 15) is 9.18 Å². The predicted molar refractivity (Wildman–Crippen MR) is 79.6 cm³/mol. The van der Waals surface area contributed by atoms with Gasteiger partial charge in [-0.3, -0.25) is 4.79 Å². The number of nitrogens with zero attached hydrogens (tertiary/aromatic N) is 1. The summed E-state index contributed by atoms with van der Waals surface area (Å²) in [6, 6.07) is 12.6. The number of carbonyl (C=O) groups excluding carboxylic acids is 1. The van der Waals surface area contributed by atoms with Gasteiger partial charge in [0.1, 0.15) is 17.6 Å². The van der Waals surface area contributed by atoms with Crippen molar-refractivity contribution >= 4 is 27.5 Å². The second-order valence-corrected chi connectivity index (χ2v) is 4.91. The van der Waals surface area contributed by atoms with Crippen molar-refractivity contribution in [1.29, 1.82) is 5.26 Å². The summed E-state index contributed by atoms with van der Waals surface area (Å²) in [4.78, 5) is 12.0. The Morgan fingerprint density at radius 3 is 2.86 bits per heavy atom. The van der Waals surface area contributed by atoms with Gasteiger partial charge in [0.15, 0.2) is 6.61 Å². The van der Waals surface area contributed by atoms with Crippen molar-refractivity contribution < 1.29 is 13.9 Å². The number of nitrogens with one attached hydrogen (secondary N) is 1. The van der Waals surface area contributed by atoms with E-state index in [2.05, 4.69) is 21.2 Å². The predicted octanol–water partition coefficient (Wildman–Crippen LogP) is 3.74. The molecule has 6 heteroatoms. The van der Waals surface area contributed by atoms with Crippen LogP contribution in [0.25, 0.3) is 0 Å². The number of halogens is 2. The fourth-order valence-corrected chi connectivity index (χ4v) is 1.87. The summed E-state index contributed by atoms with van der Waals surface area (Å²) < 4.78 is 18.8. The summed E-state index contributed by atoms with van der Waals surface area (Å²) >= 11 is 3.03. The average molecular weight is 349 g/mol. The van der Waals surface area contributed by atoms with Crippen molar-refractivity contribution in [3.63, 3.8) is 0 Å². The van der Waals surface area contributed by atoms with Crippen LogP contribution in [0, 0.1) is 17.1 Å². The van der Waals surface area contributed by atoms with Gasteiger partial charge in [0.05, 0.1) is 4.47 Å². The van der Waals surface area contributed by atoms with Crippen molar-refractivity contribution in [2.75, 3.05) is 11.9 Å². The molecule has 0 heterocycles. The number of rotatable bonds is 4. The highest BCUT2D eigenvalue weighted by molar-refractivity contribution is 9.10. The quantitative estimate of drug-likeness (QED) is 0.915. The van der Waals surface area contributed by atoms with Gasteiger partial charge in [0.25, 0.3) is 5.91 Å². The van der Waals surface area contributed by atoms with Crippen LogP contribution in [0.2, 0.25) is 0 Å². The Labute approximate surface area is 129 Å². The fraction of sp³-hybridized carbons (Fsp3) is 0.0667. The van der Waals surface area contributed by atoms with Crippen molar-refractivity contribution in [2.45, 2.75) is 0 Å². The van der Waals surface area contributed by atoms with Gasteiger partial charge in [0.2, 0.25) is 0 Å². The summed E-state index contributed by atoms with van der Waals surface area (Å²) in [6.07, 6.45) is 0. The van der Waals surface area contributed by atoms with Gasteiger partial charge >= 0.3 is 0 Å². The number of amides is 1. The van der Waals surface area contributed by atoms with Gasteiger partial charge in [-0.05, 0) is 46.3 Å². The van der Waals surface area contributed by atoms with Crippen LogP contribution in [0.4, 0.5) is 10.1 Å². The van der Waals surface area contributed by atoms with Crippen LogP contribution < -0.4 is 10.1 Å². The van der Waals surface area contributed by atoms with Gasteiger partial charge in [-0.2, -0.15) is 5.26 Å². The lowest BCUT2D eigenvalue weighted by Crippen LogP contribution is -2.12. The zero-order valence-electron chi connectivity index (χ0n) is 10.8.